The minimum Gasteiger partial charge on any atom is -0.350 e. The fourth-order valence-corrected chi connectivity index (χ4v) is 6.07. The standard InChI is InChI=1S/C23H27Cl2N3O3S/c1-23(2,28-10-9-15-5-3-4-6-16(15)13-28)14-26-22(29)18-11-21(20(25)12-19(18)24)32(30,31)27-17-7-8-17/h3-6,11-12,17,27H,7-10,13-14H2,1-2H3,(H,26,29). The Morgan fingerprint density at radius 2 is 1.81 bits per heavy atom. The van der Waals surface area contributed by atoms with Gasteiger partial charge in [-0.15, -0.1) is 0 Å². The molecule has 9 heteroatoms. The zero-order valence-electron chi connectivity index (χ0n) is 18.1. The Kier molecular flexibility index (Phi) is 6.58. The average Bonchev–Trinajstić information content (AvgIpc) is 3.55. The summed E-state index contributed by atoms with van der Waals surface area (Å²) in [4.78, 5) is 15.2. The van der Waals surface area contributed by atoms with E-state index in [0.717, 1.165) is 32.4 Å². The van der Waals surface area contributed by atoms with E-state index in [1.807, 2.05) is 6.07 Å². The summed E-state index contributed by atoms with van der Waals surface area (Å²) in [6.45, 7) is 6.27. The second kappa shape index (κ2) is 8.95. The Morgan fingerprint density at radius 1 is 1.12 bits per heavy atom. The molecule has 0 aromatic heterocycles. The van der Waals surface area contributed by atoms with Gasteiger partial charge >= 0.3 is 0 Å². The Balaban J connectivity index is 1.47. The third kappa shape index (κ3) is 5.13. The van der Waals surface area contributed by atoms with E-state index in [9.17, 15) is 13.2 Å². The fraction of sp³-hybridized carbons (Fsp3) is 0.435. The van der Waals surface area contributed by atoms with Gasteiger partial charge in [-0.1, -0.05) is 47.5 Å². The molecule has 172 valence electrons. The van der Waals surface area contributed by atoms with E-state index in [1.165, 1.54) is 23.3 Å². The zero-order valence-corrected chi connectivity index (χ0v) is 20.4. The van der Waals surface area contributed by atoms with Gasteiger partial charge in [0, 0.05) is 31.2 Å². The molecule has 6 nitrogen and oxygen atoms in total. The zero-order chi connectivity index (χ0) is 23.1. The third-order valence-electron chi connectivity index (χ3n) is 6.12. The normalized spacial score (nSPS) is 17.1. The molecular weight excluding hydrogens is 469 g/mol. The monoisotopic (exact) mass is 495 g/mol. The lowest BCUT2D eigenvalue weighted by molar-refractivity contribution is 0.0826. The number of carbonyl (C=O) groups is 1. The molecular formula is C23H27Cl2N3O3S. The first-order valence-electron chi connectivity index (χ1n) is 10.7. The maximum Gasteiger partial charge on any atom is 0.252 e. The molecule has 4 rings (SSSR count). The summed E-state index contributed by atoms with van der Waals surface area (Å²) < 4.78 is 27.9. The molecule has 1 fully saturated rings. The number of rotatable bonds is 7. The van der Waals surface area contributed by atoms with Gasteiger partial charge in [0.1, 0.15) is 4.90 Å². The molecule has 0 bridgehead atoms. The molecule has 0 saturated heterocycles. The summed E-state index contributed by atoms with van der Waals surface area (Å²) in [7, 11) is -3.82. The minimum absolute atomic E-state index is 0.00740. The molecule has 2 aromatic rings. The number of halogens is 2. The van der Waals surface area contributed by atoms with Crippen LogP contribution < -0.4 is 10.0 Å². The summed E-state index contributed by atoms with van der Waals surface area (Å²) in [5.41, 5.74) is 2.46. The van der Waals surface area contributed by atoms with Crippen LogP contribution in [0.2, 0.25) is 10.0 Å². The van der Waals surface area contributed by atoms with Gasteiger partial charge in [0.25, 0.3) is 5.91 Å². The number of hydrogen-bond acceptors (Lipinski definition) is 4. The SMILES string of the molecule is CC(C)(CNC(=O)c1cc(S(=O)(=O)NC2CC2)c(Cl)cc1Cl)N1CCc2ccccc2C1. The Labute approximate surface area is 199 Å². The number of sulfonamides is 1. The second-order valence-corrected chi connectivity index (χ2v) is 11.6. The van der Waals surface area contributed by atoms with Gasteiger partial charge in [-0.25, -0.2) is 13.1 Å². The van der Waals surface area contributed by atoms with Crippen molar-refractivity contribution in [2.45, 2.75) is 56.1 Å². The Morgan fingerprint density at radius 3 is 2.50 bits per heavy atom. The molecule has 1 aliphatic heterocycles. The molecule has 2 aromatic carbocycles. The Hall–Kier alpha value is -1.64. The van der Waals surface area contributed by atoms with Crippen molar-refractivity contribution in [2.24, 2.45) is 0 Å². The minimum atomic E-state index is -3.82. The van der Waals surface area contributed by atoms with Crippen molar-refractivity contribution in [3.8, 4) is 0 Å². The highest BCUT2D eigenvalue weighted by molar-refractivity contribution is 7.89. The Bertz CT molecular complexity index is 1150. The van der Waals surface area contributed by atoms with Crippen LogP contribution in [0, 0.1) is 0 Å². The largest absolute Gasteiger partial charge is 0.350 e. The van der Waals surface area contributed by atoms with Crippen molar-refractivity contribution in [3.63, 3.8) is 0 Å². The van der Waals surface area contributed by atoms with Crippen LogP contribution in [0.4, 0.5) is 0 Å². The van der Waals surface area contributed by atoms with Crippen LogP contribution >= 0.6 is 23.2 Å². The summed E-state index contributed by atoms with van der Waals surface area (Å²) in [5, 5.41) is 3.04. The van der Waals surface area contributed by atoms with Crippen LogP contribution in [0.25, 0.3) is 0 Å². The van der Waals surface area contributed by atoms with E-state index in [2.05, 4.69) is 47.0 Å². The average molecular weight is 496 g/mol. The maximum atomic E-state index is 12.9. The first kappa shape index (κ1) is 23.5. The van der Waals surface area contributed by atoms with Crippen LogP contribution in [0.5, 0.6) is 0 Å². The molecule has 2 N–H and O–H groups in total. The third-order valence-corrected chi connectivity index (χ3v) is 8.42. The van der Waals surface area contributed by atoms with E-state index in [-0.39, 0.29) is 32.1 Å². The van der Waals surface area contributed by atoms with Gasteiger partial charge in [0.15, 0.2) is 0 Å². The summed E-state index contributed by atoms with van der Waals surface area (Å²) in [5.74, 6) is -0.431. The van der Waals surface area contributed by atoms with Crippen LogP contribution in [-0.4, -0.2) is 43.9 Å². The highest BCUT2D eigenvalue weighted by atomic mass is 35.5. The number of nitrogens with zero attached hydrogens (tertiary/aromatic N) is 1. The molecule has 0 unspecified atom stereocenters. The predicted octanol–water partition coefficient (Wildman–Crippen LogP) is 4.00. The van der Waals surface area contributed by atoms with Crippen molar-refractivity contribution in [3.05, 3.63) is 63.1 Å². The van der Waals surface area contributed by atoms with Crippen molar-refractivity contribution in [2.75, 3.05) is 13.1 Å². The smallest absolute Gasteiger partial charge is 0.252 e. The molecule has 0 spiro atoms. The molecule has 32 heavy (non-hydrogen) atoms. The van der Waals surface area contributed by atoms with E-state index in [1.54, 1.807) is 0 Å². The fourth-order valence-electron chi connectivity index (χ4n) is 3.91. The van der Waals surface area contributed by atoms with Crippen molar-refractivity contribution in [1.29, 1.82) is 0 Å². The topological polar surface area (TPSA) is 78.5 Å². The number of benzene rings is 2. The molecule has 1 heterocycles. The van der Waals surface area contributed by atoms with Crippen molar-refractivity contribution >= 4 is 39.1 Å². The molecule has 0 atom stereocenters. The highest BCUT2D eigenvalue weighted by Gasteiger charge is 2.32. The lowest BCUT2D eigenvalue weighted by Gasteiger charge is -2.41. The number of fused-ring (bicyclic) bond motifs is 1. The number of carbonyl (C=O) groups excluding carboxylic acids is 1. The summed E-state index contributed by atoms with van der Waals surface area (Å²) in [6, 6.07) is 10.9. The van der Waals surface area contributed by atoms with Crippen LogP contribution in [0.15, 0.2) is 41.3 Å². The van der Waals surface area contributed by atoms with E-state index >= 15 is 0 Å². The first-order chi connectivity index (χ1) is 15.1. The quantitative estimate of drug-likeness (QED) is 0.608. The van der Waals surface area contributed by atoms with Crippen LogP contribution in [0.3, 0.4) is 0 Å². The van der Waals surface area contributed by atoms with Gasteiger partial charge < -0.3 is 5.32 Å². The number of amides is 1. The number of hydrogen-bond donors (Lipinski definition) is 2. The maximum absolute atomic E-state index is 12.9. The van der Waals surface area contributed by atoms with E-state index < -0.39 is 15.9 Å². The lowest BCUT2D eigenvalue weighted by Crippen LogP contribution is -2.53. The molecule has 2 aliphatic rings. The van der Waals surface area contributed by atoms with Gasteiger partial charge in [-0.2, -0.15) is 0 Å². The molecule has 0 radical (unpaired) electrons. The van der Waals surface area contributed by atoms with E-state index in [4.69, 9.17) is 23.2 Å². The van der Waals surface area contributed by atoms with E-state index in [0.29, 0.717) is 6.54 Å². The summed E-state index contributed by atoms with van der Waals surface area (Å²) >= 11 is 12.4. The van der Waals surface area contributed by atoms with Crippen molar-refractivity contribution in [1.82, 2.24) is 14.9 Å². The van der Waals surface area contributed by atoms with Gasteiger partial charge in [0.05, 0.1) is 15.6 Å². The molecule has 1 saturated carbocycles. The number of nitrogens with one attached hydrogen (secondary N) is 2. The van der Waals surface area contributed by atoms with Crippen LogP contribution in [-0.2, 0) is 23.0 Å². The first-order valence-corrected chi connectivity index (χ1v) is 12.9. The lowest BCUT2D eigenvalue weighted by atomic mass is 9.94. The highest BCUT2D eigenvalue weighted by Crippen LogP contribution is 2.31. The molecule has 1 aliphatic carbocycles. The summed E-state index contributed by atoms with van der Waals surface area (Å²) in [6.07, 6.45) is 2.56. The van der Waals surface area contributed by atoms with Gasteiger partial charge in [-0.3, -0.25) is 9.69 Å². The van der Waals surface area contributed by atoms with Crippen LogP contribution in [0.1, 0.15) is 48.2 Å². The second-order valence-electron chi connectivity index (χ2n) is 9.09. The van der Waals surface area contributed by atoms with Crippen molar-refractivity contribution < 1.29 is 13.2 Å². The van der Waals surface area contributed by atoms with Gasteiger partial charge in [-0.05, 0) is 56.4 Å². The predicted molar refractivity (Wildman–Crippen MR) is 127 cm³/mol. The van der Waals surface area contributed by atoms with Gasteiger partial charge in [0.2, 0.25) is 10.0 Å². The molecule has 1 amide bonds.